The van der Waals surface area contributed by atoms with Gasteiger partial charge in [-0.1, -0.05) is 28.9 Å². The molecule has 1 heterocycles. The van der Waals surface area contributed by atoms with Crippen LogP contribution in [0.15, 0.2) is 34.9 Å². The lowest BCUT2D eigenvalue weighted by molar-refractivity contribution is 0.0957. The van der Waals surface area contributed by atoms with Crippen molar-refractivity contribution in [3.63, 3.8) is 0 Å². The first-order valence-electron chi connectivity index (χ1n) is 6.43. The Kier molecular flexibility index (Phi) is 4.92. The van der Waals surface area contributed by atoms with Crippen LogP contribution >= 0.6 is 15.9 Å². The van der Waals surface area contributed by atoms with Crippen LogP contribution in [0.3, 0.4) is 0 Å². The number of carbonyl (C=O) groups excluding carboxylic acids is 1. The molecule has 0 atom stereocenters. The van der Waals surface area contributed by atoms with Gasteiger partial charge in [0.15, 0.2) is 5.69 Å². The van der Waals surface area contributed by atoms with Gasteiger partial charge in [0.05, 0.1) is 5.69 Å². The Morgan fingerprint density at radius 1 is 1.40 bits per heavy atom. The predicted molar refractivity (Wildman–Crippen MR) is 82.0 cm³/mol. The van der Waals surface area contributed by atoms with Crippen LogP contribution in [-0.4, -0.2) is 29.3 Å². The largest absolute Gasteiger partial charge is 0.354 e. The summed E-state index contributed by atoms with van der Waals surface area (Å²) in [6, 6.07) is 7.74. The Morgan fingerprint density at radius 2 is 2.20 bits per heavy atom. The zero-order valence-corrected chi connectivity index (χ0v) is 13.1. The first-order chi connectivity index (χ1) is 9.65. The minimum absolute atomic E-state index is 0.188. The number of aromatic nitrogens is 2. The number of carbonyl (C=O) groups is 1. The summed E-state index contributed by atoms with van der Waals surface area (Å²) in [4.78, 5) is 11.6. The molecule has 0 aliphatic heterocycles. The number of halogens is 1. The fourth-order valence-corrected chi connectivity index (χ4v) is 2.22. The minimum atomic E-state index is -0.188. The minimum Gasteiger partial charge on any atom is -0.354 e. The molecule has 0 saturated carbocycles. The summed E-state index contributed by atoms with van der Waals surface area (Å²) in [6.07, 6.45) is 1.79. The second-order valence-corrected chi connectivity index (χ2v) is 5.19. The van der Waals surface area contributed by atoms with Gasteiger partial charge in [-0.3, -0.25) is 4.79 Å². The maximum absolute atomic E-state index is 11.6. The molecule has 0 unspecified atom stereocenters. The normalized spacial score (nSPS) is 10.6. The molecule has 2 aromatic rings. The topological polar surface area (TPSA) is 59.0 Å². The van der Waals surface area contributed by atoms with Crippen molar-refractivity contribution in [2.45, 2.75) is 13.5 Å². The van der Waals surface area contributed by atoms with Crippen LogP contribution < -0.4 is 10.6 Å². The highest BCUT2D eigenvalue weighted by Crippen LogP contribution is 2.20. The number of amides is 1. The molecule has 2 rings (SSSR count). The maximum atomic E-state index is 11.6. The molecule has 6 heteroatoms. The summed E-state index contributed by atoms with van der Waals surface area (Å²) >= 11 is 3.47. The summed E-state index contributed by atoms with van der Waals surface area (Å²) in [7, 11) is 1.59. The molecule has 0 aliphatic carbocycles. The van der Waals surface area contributed by atoms with Gasteiger partial charge in [-0.25, -0.2) is 4.68 Å². The third-order valence-electron chi connectivity index (χ3n) is 2.91. The lowest BCUT2D eigenvalue weighted by Gasteiger charge is -2.10. The highest BCUT2D eigenvalue weighted by Gasteiger charge is 2.11. The number of benzene rings is 1. The number of nitrogens with one attached hydrogen (secondary N) is 2. The molecular weight excluding hydrogens is 320 g/mol. The van der Waals surface area contributed by atoms with Gasteiger partial charge >= 0.3 is 0 Å². The molecule has 2 N–H and O–H groups in total. The highest BCUT2D eigenvalue weighted by molar-refractivity contribution is 9.10. The quantitative estimate of drug-likeness (QED) is 0.879. The number of rotatable bonds is 5. The smallest absolute Gasteiger partial charge is 0.271 e. The van der Waals surface area contributed by atoms with Crippen molar-refractivity contribution in [2.75, 3.05) is 13.6 Å². The average molecular weight is 337 g/mol. The van der Waals surface area contributed by atoms with Crippen LogP contribution in [0.1, 0.15) is 23.0 Å². The summed E-state index contributed by atoms with van der Waals surface area (Å²) in [5.74, 6) is -0.188. The van der Waals surface area contributed by atoms with Crippen molar-refractivity contribution in [2.24, 2.45) is 0 Å². The second-order valence-electron chi connectivity index (χ2n) is 4.28. The van der Waals surface area contributed by atoms with Crippen molar-refractivity contribution in [3.8, 4) is 5.69 Å². The Labute approximate surface area is 126 Å². The van der Waals surface area contributed by atoms with Gasteiger partial charge in [-0.15, -0.1) is 0 Å². The average Bonchev–Trinajstić information content (AvgIpc) is 2.94. The van der Waals surface area contributed by atoms with Crippen molar-refractivity contribution in [3.05, 3.63) is 46.2 Å². The first kappa shape index (κ1) is 14.7. The molecule has 1 amide bonds. The lowest BCUT2D eigenvalue weighted by Crippen LogP contribution is -2.19. The summed E-state index contributed by atoms with van der Waals surface area (Å²) < 4.78 is 2.70. The van der Waals surface area contributed by atoms with Crippen LogP contribution in [0.5, 0.6) is 0 Å². The SMILES string of the molecule is CCNCc1ccc(Br)cc1-n1ccc(C(=O)NC)n1. The van der Waals surface area contributed by atoms with Crippen molar-refractivity contribution in [1.82, 2.24) is 20.4 Å². The van der Waals surface area contributed by atoms with Crippen LogP contribution in [0.4, 0.5) is 0 Å². The van der Waals surface area contributed by atoms with E-state index in [0.29, 0.717) is 5.69 Å². The first-order valence-corrected chi connectivity index (χ1v) is 7.22. The van der Waals surface area contributed by atoms with Crippen LogP contribution in [0.25, 0.3) is 5.69 Å². The van der Waals surface area contributed by atoms with Gasteiger partial charge in [0.2, 0.25) is 0 Å². The van der Waals surface area contributed by atoms with E-state index in [-0.39, 0.29) is 5.91 Å². The fraction of sp³-hybridized carbons (Fsp3) is 0.286. The van der Waals surface area contributed by atoms with Gasteiger partial charge in [-0.05, 0) is 30.3 Å². The molecule has 106 valence electrons. The molecule has 0 spiro atoms. The molecule has 0 saturated heterocycles. The fourth-order valence-electron chi connectivity index (χ4n) is 1.87. The maximum Gasteiger partial charge on any atom is 0.271 e. The van der Waals surface area contributed by atoms with Crippen LogP contribution in [0.2, 0.25) is 0 Å². The molecule has 1 aromatic heterocycles. The van der Waals surface area contributed by atoms with Crippen molar-refractivity contribution >= 4 is 21.8 Å². The number of hydrogen-bond donors (Lipinski definition) is 2. The standard InChI is InChI=1S/C14H17BrN4O/c1-3-17-9-10-4-5-11(15)8-13(10)19-7-6-12(18-19)14(20)16-2/h4-8,17H,3,9H2,1-2H3,(H,16,20). The molecule has 0 radical (unpaired) electrons. The summed E-state index contributed by atoms with van der Waals surface area (Å²) in [5, 5.41) is 10.2. The van der Waals surface area contributed by atoms with E-state index in [1.54, 1.807) is 24.0 Å². The number of nitrogens with zero attached hydrogens (tertiary/aromatic N) is 2. The van der Waals surface area contributed by atoms with Crippen molar-refractivity contribution in [1.29, 1.82) is 0 Å². The van der Waals surface area contributed by atoms with E-state index in [0.717, 1.165) is 28.8 Å². The lowest BCUT2D eigenvalue weighted by atomic mass is 10.2. The Bertz CT molecular complexity index is 609. The third-order valence-corrected chi connectivity index (χ3v) is 3.40. The molecule has 0 aliphatic rings. The molecular formula is C14H17BrN4O. The monoisotopic (exact) mass is 336 g/mol. The van der Waals surface area contributed by atoms with E-state index in [1.165, 1.54) is 0 Å². The van der Waals surface area contributed by atoms with Gasteiger partial charge in [-0.2, -0.15) is 5.10 Å². The van der Waals surface area contributed by atoms with Gasteiger partial charge < -0.3 is 10.6 Å². The zero-order valence-electron chi connectivity index (χ0n) is 11.5. The van der Waals surface area contributed by atoms with E-state index in [4.69, 9.17) is 0 Å². The zero-order chi connectivity index (χ0) is 14.5. The second kappa shape index (κ2) is 6.67. The van der Waals surface area contributed by atoms with Gasteiger partial charge in [0.25, 0.3) is 5.91 Å². The summed E-state index contributed by atoms with van der Waals surface area (Å²) in [6.45, 7) is 3.72. The highest BCUT2D eigenvalue weighted by atomic mass is 79.9. The summed E-state index contributed by atoms with van der Waals surface area (Å²) in [5.41, 5.74) is 2.49. The molecule has 0 bridgehead atoms. The van der Waals surface area contributed by atoms with E-state index in [1.807, 2.05) is 18.2 Å². The van der Waals surface area contributed by atoms with E-state index in [9.17, 15) is 4.79 Å². The third kappa shape index (κ3) is 3.26. The van der Waals surface area contributed by atoms with E-state index in [2.05, 4.69) is 38.6 Å². The van der Waals surface area contributed by atoms with Gasteiger partial charge in [0, 0.05) is 24.3 Å². The van der Waals surface area contributed by atoms with Crippen LogP contribution in [-0.2, 0) is 6.54 Å². The predicted octanol–water partition coefficient (Wildman–Crippen LogP) is 2.10. The molecule has 5 nitrogen and oxygen atoms in total. The van der Waals surface area contributed by atoms with Crippen molar-refractivity contribution < 1.29 is 4.79 Å². The van der Waals surface area contributed by atoms with E-state index < -0.39 is 0 Å². The number of hydrogen-bond acceptors (Lipinski definition) is 3. The van der Waals surface area contributed by atoms with E-state index >= 15 is 0 Å². The van der Waals surface area contributed by atoms with Crippen LogP contribution in [0, 0.1) is 0 Å². The van der Waals surface area contributed by atoms with Gasteiger partial charge in [0.1, 0.15) is 0 Å². The Morgan fingerprint density at radius 3 is 2.90 bits per heavy atom. The molecule has 1 aromatic carbocycles. The Balaban J connectivity index is 2.37. The molecule has 20 heavy (non-hydrogen) atoms. The Hall–Kier alpha value is -1.66. The molecule has 0 fully saturated rings.